The van der Waals surface area contributed by atoms with Gasteiger partial charge in [0, 0.05) is 24.2 Å². The maximum atomic E-state index is 11.4. The Labute approximate surface area is 207 Å². The number of aryl methyl sites for hydroxylation is 1. The van der Waals surface area contributed by atoms with Crippen molar-refractivity contribution >= 4 is 6.09 Å². The van der Waals surface area contributed by atoms with Gasteiger partial charge in [0.1, 0.15) is 11.3 Å². The Balaban J connectivity index is 0.000000241. The molecule has 3 aromatic rings. The van der Waals surface area contributed by atoms with E-state index in [0.717, 1.165) is 48.4 Å². The van der Waals surface area contributed by atoms with Crippen molar-refractivity contribution in [3.63, 3.8) is 0 Å². The van der Waals surface area contributed by atoms with Gasteiger partial charge >= 0.3 is 6.09 Å². The number of hydrogen-bond acceptors (Lipinski definition) is 6. The third-order valence-corrected chi connectivity index (χ3v) is 5.33. The number of benzene rings is 2. The maximum absolute atomic E-state index is 11.4. The molecule has 0 N–H and O–H groups in total. The highest BCUT2D eigenvalue weighted by Crippen LogP contribution is 2.30. The van der Waals surface area contributed by atoms with Crippen LogP contribution in [0.25, 0.3) is 22.5 Å². The van der Waals surface area contributed by atoms with E-state index in [4.69, 9.17) is 14.7 Å². The number of likely N-dealkylation sites (tertiary alicyclic amines) is 1. The summed E-state index contributed by atoms with van der Waals surface area (Å²) in [6.07, 6.45) is 3.67. The number of nitrogens with zero attached hydrogens (tertiary/aromatic N) is 4. The summed E-state index contributed by atoms with van der Waals surface area (Å²) >= 11 is 0. The Kier molecular flexibility index (Phi) is 8.43. The van der Waals surface area contributed by atoms with Crippen LogP contribution in [-0.4, -0.2) is 46.8 Å². The van der Waals surface area contributed by atoms with E-state index < -0.39 is 0 Å². The zero-order chi connectivity index (χ0) is 25.4. The molecule has 0 unspecified atom stereocenters. The average Bonchev–Trinajstić information content (AvgIpc) is 3.39. The number of methoxy groups -OCH3 is 1. The van der Waals surface area contributed by atoms with Gasteiger partial charge in [0.15, 0.2) is 0 Å². The fourth-order valence-corrected chi connectivity index (χ4v) is 3.52. The molecule has 1 saturated heterocycles. The Morgan fingerprint density at radius 1 is 0.971 bits per heavy atom. The third kappa shape index (κ3) is 7.28. The summed E-state index contributed by atoms with van der Waals surface area (Å²) < 4.78 is 10.4. The number of hydrogen-bond donors (Lipinski definition) is 0. The highest BCUT2D eigenvalue weighted by Gasteiger charge is 2.23. The van der Waals surface area contributed by atoms with Gasteiger partial charge in [0.05, 0.1) is 30.6 Å². The first-order valence-electron chi connectivity index (χ1n) is 11.7. The highest BCUT2D eigenvalue weighted by atomic mass is 16.6. The number of carbonyl (C=O) groups is 1. The van der Waals surface area contributed by atoms with Gasteiger partial charge in [-0.15, -0.1) is 0 Å². The van der Waals surface area contributed by atoms with E-state index in [1.165, 1.54) is 5.56 Å². The Hall–Kier alpha value is -3.92. The monoisotopic (exact) mass is 472 g/mol. The van der Waals surface area contributed by atoms with Crippen molar-refractivity contribution < 1.29 is 14.3 Å². The van der Waals surface area contributed by atoms with Crippen LogP contribution in [0.1, 0.15) is 44.7 Å². The van der Waals surface area contributed by atoms with Gasteiger partial charge in [-0.2, -0.15) is 5.26 Å². The molecule has 0 saturated carbocycles. The summed E-state index contributed by atoms with van der Waals surface area (Å²) in [5, 5.41) is 8.94. The predicted octanol–water partition coefficient (Wildman–Crippen LogP) is 6.02. The lowest BCUT2D eigenvalue weighted by Crippen LogP contribution is -2.34. The van der Waals surface area contributed by atoms with Gasteiger partial charge in [-0.05, 0) is 52.7 Å². The summed E-state index contributed by atoms with van der Waals surface area (Å²) in [6, 6.07) is 17.6. The standard InChI is InChI=1S/C19H15N3O.C9H17NO2/c1-13-3-7-15(8-4-13)18-19(22-17(23-2)12-21-18)16-9-5-14(11-20)6-10-16;1-9(2,3)12-8(11)10-6-4-5-7-10/h3-10,12H,1-2H3;4-7H2,1-3H3. The summed E-state index contributed by atoms with van der Waals surface area (Å²) in [7, 11) is 1.57. The maximum Gasteiger partial charge on any atom is 0.410 e. The van der Waals surface area contributed by atoms with Gasteiger partial charge in [-0.3, -0.25) is 0 Å². The highest BCUT2D eigenvalue weighted by molar-refractivity contribution is 5.78. The molecule has 1 amide bonds. The minimum absolute atomic E-state index is 0.167. The van der Waals surface area contributed by atoms with Gasteiger partial charge in [0.25, 0.3) is 0 Å². The predicted molar refractivity (Wildman–Crippen MR) is 136 cm³/mol. The molecule has 182 valence electrons. The lowest BCUT2D eigenvalue weighted by molar-refractivity contribution is 0.0295. The first-order valence-corrected chi connectivity index (χ1v) is 11.7. The van der Waals surface area contributed by atoms with E-state index in [0.29, 0.717) is 11.4 Å². The van der Waals surface area contributed by atoms with Crippen LogP contribution < -0.4 is 4.74 Å². The van der Waals surface area contributed by atoms with E-state index in [-0.39, 0.29) is 11.7 Å². The van der Waals surface area contributed by atoms with Gasteiger partial charge in [0.2, 0.25) is 5.88 Å². The second-order valence-corrected chi connectivity index (χ2v) is 9.34. The van der Waals surface area contributed by atoms with Gasteiger partial charge < -0.3 is 14.4 Å². The second kappa shape index (κ2) is 11.5. The lowest BCUT2D eigenvalue weighted by atomic mass is 10.0. The molecule has 1 aliphatic rings. The van der Waals surface area contributed by atoms with Crippen LogP contribution in [0, 0.1) is 18.3 Å². The van der Waals surface area contributed by atoms with Crippen LogP contribution in [-0.2, 0) is 4.74 Å². The fraction of sp³-hybridized carbons (Fsp3) is 0.357. The third-order valence-electron chi connectivity index (χ3n) is 5.33. The Morgan fingerprint density at radius 3 is 2.09 bits per heavy atom. The molecular formula is C28H32N4O3. The van der Waals surface area contributed by atoms with Crippen molar-refractivity contribution in [3.05, 3.63) is 65.9 Å². The number of ether oxygens (including phenoxy) is 2. The van der Waals surface area contributed by atoms with E-state index in [2.05, 4.69) is 16.0 Å². The summed E-state index contributed by atoms with van der Waals surface area (Å²) in [5.74, 6) is 0.459. The smallest absolute Gasteiger partial charge is 0.410 e. The van der Waals surface area contributed by atoms with Crippen molar-refractivity contribution in [2.75, 3.05) is 20.2 Å². The first-order chi connectivity index (χ1) is 16.7. The van der Waals surface area contributed by atoms with Gasteiger partial charge in [-0.25, -0.2) is 14.8 Å². The molecule has 0 spiro atoms. The normalized spacial score (nSPS) is 12.9. The number of amides is 1. The number of rotatable bonds is 3. The van der Waals surface area contributed by atoms with Crippen LogP contribution in [0.2, 0.25) is 0 Å². The number of nitriles is 1. The van der Waals surface area contributed by atoms with Crippen molar-refractivity contribution in [1.29, 1.82) is 5.26 Å². The molecule has 0 bridgehead atoms. The zero-order valence-electron chi connectivity index (χ0n) is 21.0. The van der Waals surface area contributed by atoms with Crippen LogP contribution in [0.15, 0.2) is 54.7 Å². The first kappa shape index (κ1) is 25.7. The zero-order valence-corrected chi connectivity index (χ0v) is 21.0. The topological polar surface area (TPSA) is 88.3 Å². The molecule has 0 radical (unpaired) electrons. The van der Waals surface area contributed by atoms with Crippen molar-refractivity contribution in [2.24, 2.45) is 0 Å². The molecule has 1 aliphatic heterocycles. The van der Waals surface area contributed by atoms with Crippen LogP contribution in [0.4, 0.5) is 4.79 Å². The largest absolute Gasteiger partial charge is 0.480 e. The van der Waals surface area contributed by atoms with Crippen molar-refractivity contribution in [3.8, 4) is 34.5 Å². The minimum atomic E-state index is -0.361. The molecule has 1 fully saturated rings. The van der Waals surface area contributed by atoms with E-state index >= 15 is 0 Å². The fourth-order valence-electron chi connectivity index (χ4n) is 3.52. The van der Waals surface area contributed by atoms with Crippen molar-refractivity contribution in [1.82, 2.24) is 14.9 Å². The lowest BCUT2D eigenvalue weighted by Gasteiger charge is -2.23. The number of carbonyl (C=O) groups excluding carboxylic acids is 1. The molecule has 7 nitrogen and oxygen atoms in total. The SMILES string of the molecule is CC(C)(C)OC(=O)N1CCCC1.COc1cnc(-c2ccc(C)cc2)c(-c2ccc(C#N)cc2)n1. The number of aromatic nitrogens is 2. The molecule has 0 atom stereocenters. The molecule has 2 aromatic carbocycles. The second-order valence-electron chi connectivity index (χ2n) is 9.34. The summed E-state index contributed by atoms with van der Waals surface area (Å²) in [6.45, 7) is 9.43. The Morgan fingerprint density at radius 2 is 1.54 bits per heavy atom. The Bertz CT molecular complexity index is 1170. The molecule has 4 rings (SSSR count). The average molecular weight is 473 g/mol. The van der Waals surface area contributed by atoms with Gasteiger partial charge in [-0.1, -0.05) is 42.0 Å². The van der Waals surface area contributed by atoms with Crippen LogP contribution in [0.5, 0.6) is 5.88 Å². The van der Waals surface area contributed by atoms with E-state index in [1.807, 2.05) is 64.1 Å². The summed E-state index contributed by atoms with van der Waals surface area (Å²) in [5.41, 5.74) is 4.85. The van der Waals surface area contributed by atoms with Crippen molar-refractivity contribution in [2.45, 2.75) is 46.1 Å². The summed E-state index contributed by atoms with van der Waals surface area (Å²) in [4.78, 5) is 22.2. The molecule has 2 heterocycles. The van der Waals surface area contributed by atoms with E-state index in [1.54, 1.807) is 30.3 Å². The molecule has 35 heavy (non-hydrogen) atoms. The van der Waals surface area contributed by atoms with Crippen LogP contribution >= 0.6 is 0 Å². The van der Waals surface area contributed by atoms with Crippen LogP contribution in [0.3, 0.4) is 0 Å². The molecule has 1 aromatic heterocycles. The molecule has 0 aliphatic carbocycles. The minimum Gasteiger partial charge on any atom is -0.480 e. The quantitative estimate of drug-likeness (QED) is 0.463. The molecular weight excluding hydrogens is 440 g/mol. The molecule has 7 heteroatoms. The van der Waals surface area contributed by atoms with E-state index in [9.17, 15) is 4.79 Å².